The fourth-order valence-electron chi connectivity index (χ4n) is 3.24. The molecule has 158 valence electrons. The topological polar surface area (TPSA) is 87.7 Å². The van der Waals surface area contributed by atoms with Gasteiger partial charge >= 0.3 is 6.03 Å². The summed E-state index contributed by atoms with van der Waals surface area (Å²) < 4.78 is 32.8. The van der Waals surface area contributed by atoms with E-state index in [9.17, 15) is 23.2 Å². The number of hydrogen-bond acceptors (Lipinski definition) is 4. The van der Waals surface area contributed by atoms with Crippen LogP contribution in [0.5, 0.6) is 5.75 Å². The number of rotatable bonds is 7. The molecular weight excluding hydrogens is 396 g/mol. The van der Waals surface area contributed by atoms with Gasteiger partial charge in [0.1, 0.15) is 29.5 Å². The van der Waals surface area contributed by atoms with Crippen molar-refractivity contribution in [2.24, 2.45) is 0 Å². The lowest BCUT2D eigenvalue weighted by Gasteiger charge is -2.22. The molecule has 0 aliphatic carbocycles. The van der Waals surface area contributed by atoms with E-state index < -0.39 is 41.6 Å². The smallest absolute Gasteiger partial charge is 0.325 e. The predicted molar refractivity (Wildman–Crippen MR) is 104 cm³/mol. The zero-order valence-electron chi connectivity index (χ0n) is 16.5. The fourth-order valence-corrected chi connectivity index (χ4v) is 3.24. The summed E-state index contributed by atoms with van der Waals surface area (Å²) in [5.41, 5.74) is -1.13. The second-order valence-electron chi connectivity index (χ2n) is 7.02. The SMILES string of the molecule is COc1ccc(CCNC(=O)CN2C(=O)N[C@@](C)(c3cc(F)ccc3F)C2=O)cc1. The number of nitrogens with zero attached hydrogens (tertiary/aromatic N) is 1. The number of methoxy groups -OCH3 is 1. The van der Waals surface area contributed by atoms with Crippen LogP contribution >= 0.6 is 0 Å². The first-order valence-electron chi connectivity index (χ1n) is 9.24. The number of halogens is 2. The molecule has 1 aliphatic heterocycles. The lowest BCUT2D eigenvalue weighted by molar-refractivity contribution is -0.134. The van der Waals surface area contributed by atoms with Crippen LogP contribution < -0.4 is 15.4 Å². The number of urea groups is 1. The molecule has 2 N–H and O–H groups in total. The minimum absolute atomic E-state index is 0.296. The molecule has 30 heavy (non-hydrogen) atoms. The van der Waals surface area contributed by atoms with E-state index in [2.05, 4.69) is 10.6 Å². The lowest BCUT2D eigenvalue weighted by Crippen LogP contribution is -2.44. The highest BCUT2D eigenvalue weighted by atomic mass is 19.1. The maximum atomic E-state index is 14.2. The second kappa shape index (κ2) is 8.48. The Labute approximate surface area is 172 Å². The Morgan fingerprint density at radius 1 is 1.17 bits per heavy atom. The number of amides is 4. The minimum atomic E-state index is -1.80. The van der Waals surface area contributed by atoms with E-state index in [-0.39, 0.29) is 5.56 Å². The Morgan fingerprint density at radius 3 is 2.53 bits per heavy atom. The molecule has 1 aliphatic rings. The van der Waals surface area contributed by atoms with Crippen LogP contribution in [-0.4, -0.2) is 42.9 Å². The van der Waals surface area contributed by atoms with Crippen molar-refractivity contribution in [3.05, 3.63) is 65.2 Å². The van der Waals surface area contributed by atoms with Crippen LogP contribution in [0.4, 0.5) is 13.6 Å². The quantitative estimate of drug-likeness (QED) is 0.676. The van der Waals surface area contributed by atoms with Crippen LogP contribution in [0.25, 0.3) is 0 Å². The summed E-state index contributed by atoms with van der Waals surface area (Å²) in [6, 6.07) is 9.13. The van der Waals surface area contributed by atoms with Gasteiger partial charge in [0.15, 0.2) is 0 Å². The third-order valence-corrected chi connectivity index (χ3v) is 4.94. The molecule has 1 fully saturated rings. The van der Waals surface area contributed by atoms with Crippen molar-refractivity contribution >= 4 is 17.8 Å². The molecule has 0 aromatic heterocycles. The van der Waals surface area contributed by atoms with Gasteiger partial charge in [0, 0.05) is 12.1 Å². The first-order chi connectivity index (χ1) is 14.2. The second-order valence-corrected chi connectivity index (χ2v) is 7.02. The van der Waals surface area contributed by atoms with Gasteiger partial charge in [-0.1, -0.05) is 12.1 Å². The van der Waals surface area contributed by atoms with Crippen molar-refractivity contribution in [2.75, 3.05) is 20.2 Å². The van der Waals surface area contributed by atoms with E-state index in [1.165, 1.54) is 6.92 Å². The van der Waals surface area contributed by atoms with Gasteiger partial charge in [0.25, 0.3) is 5.91 Å². The fraction of sp³-hybridized carbons (Fsp3) is 0.286. The molecule has 0 saturated carbocycles. The van der Waals surface area contributed by atoms with Gasteiger partial charge in [-0.2, -0.15) is 0 Å². The van der Waals surface area contributed by atoms with Gasteiger partial charge in [-0.3, -0.25) is 14.5 Å². The summed E-state index contributed by atoms with van der Waals surface area (Å²) in [5, 5.41) is 4.99. The van der Waals surface area contributed by atoms with Crippen molar-refractivity contribution in [3.63, 3.8) is 0 Å². The molecule has 4 amide bonds. The number of carbonyl (C=O) groups is 3. The van der Waals surface area contributed by atoms with Gasteiger partial charge < -0.3 is 15.4 Å². The van der Waals surface area contributed by atoms with E-state index in [4.69, 9.17) is 4.74 Å². The molecule has 0 bridgehead atoms. The van der Waals surface area contributed by atoms with Gasteiger partial charge in [0.2, 0.25) is 5.91 Å². The third kappa shape index (κ3) is 4.24. The lowest BCUT2D eigenvalue weighted by atomic mass is 9.91. The highest BCUT2D eigenvalue weighted by Crippen LogP contribution is 2.31. The van der Waals surface area contributed by atoms with Crippen molar-refractivity contribution < 1.29 is 27.9 Å². The number of carbonyl (C=O) groups excluding carboxylic acids is 3. The number of benzene rings is 2. The summed E-state index contributed by atoms with van der Waals surface area (Å²) in [5.74, 6) is -2.24. The van der Waals surface area contributed by atoms with Crippen molar-refractivity contribution in [3.8, 4) is 5.75 Å². The molecule has 1 atom stereocenters. The normalized spacial score (nSPS) is 18.3. The number of hydrogen-bond donors (Lipinski definition) is 2. The monoisotopic (exact) mass is 417 g/mol. The molecule has 0 unspecified atom stereocenters. The van der Waals surface area contributed by atoms with Crippen molar-refractivity contribution in [1.29, 1.82) is 0 Å². The minimum Gasteiger partial charge on any atom is -0.497 e. The number of imide groups is 1. The molecule has 9 heteroatoms. The zero-order valence-corrected chi connectivity index (χ0v) is 16.5. The Balaban J connectivity index is 1.60. The van der Waals surface area contributed by atoms with Gasteiger partial charge in [-0.25, -0.2) is 13.6 Å². The Bertz CT molecular complexity index is 981. The average Bonchev–Trinajstić information content (AvgIpc) is 2.94. The van der Waals surface area contributed by atoms with Crippen molar-refractivity contribution in [1.82, 2.24) is 15.5 Å². The molecule has 1 saturated heterocycles. The molecular formula is C21H21F2N3O4. The van der Waals surface area contributed by atoms with E-state index in [1.54, 1.807) is 19.2 Å². The molecule has 2 aromatic rings. The van der Waals surface area contributed by atoms with E-state index >= 15 is 0 Å². The van der Waals surface area contributed by atoms with Crippen LogP contribution in [0.3, 0.4) is 0 Å². The Kier molecular flexibility index (Phi) is 6.00. The van der Waals surface area contributed by atoms with Crippen LogP contribution in [-0.2, 0) is 21.5 Å². The molecule has 3 rings (SSSR count). The summed E-state index contributed by atoms with van der Waals surface area (Å²) >= 11 is 0. The maximum Gasteiger partial charge on any atom is 0.325 e. The zero-order chi connectivity index (χ0) is 21.9. The Morgan fingerprint density at radius 2 is 1.87 bits per heavy atom. The first kappa shape index (κ1) is 21.2. The van der Waals surface area contributed by atoms with E-state index in [0.717, 1.165) is 29.5 Å². The summed E-state index contributed by atoms with van der Waals surface area (Å²) in [6.45, 7) is 1.04. The maximum absolute atomic E-state index is 14.2. The number of ether oxygens (including phenoxy) is 1. The highest BCUT2D eigenvalue weighted by Gasteiger charge is 2.50. The highest BCUT2D eigenvalue weighted by molar-refractivity contribution is 6.09. The van der Waals surface area contributed by atoms with Gasteiger partial charge in [-0.05, 0) is 49.2 Å². The van der Waals surface area contributed by atoms with Crippen LogP contribution in [0, 0.1) is 11.6 Å². The molecule has 0 radical (unpaired) electrons. The molecule has 1 heterocycles. The number of nitrogens with one attached hydrogen (secondary N) is 2. The first-order valence-corrected chi connectivity index (χ1v) is 9.24. The van der Waals surface area contributed by atoms with Gasteiger partial charge in [0.05, 0.1) is 7.11 Å². The largest absolute Gasteiger partial charge is 0.497 e. The summed E-state index contributed by atoms with van der Waals surface area (Å²) in [6.07, 6.45) is 0.544. The standard InChI is InChI=1S/C21H21F2N3O4/c1-21(16-11-14(22)5-8-17(16)23)19(28)26(20(29)25-21)12-18(27)24-10-9-13-3-6-15(30-2)7-4-13/h3-8,11H,9-10,12H2,1-2H3,(H,24,27)(H,25,29)/t21-/m0/s1. The third-order valence-electron chi connectivity index (χ3n) is 4.94. The Hall–Kier alpha value is -3.49. The van der Waals surface area contributed by atoms with Crippen molar-refractivity contribution in [2.45, 2.75) is 18.9 Å². The molecule has 2 aromatic carbocycles. The van der Waals surface area contributed by atoms with Crippen LogP contribution in [0.15, 0.2) is 42.5 Å². The summed E-state index contributed by atoms with van der Waals surface area (Å²) in [7, 11) is 1.57. The summed E-state index contributed by atoms with van der Waals surface area (Å²) in [4.78, 5) is 37.9. The van der Waals surface area contributed by atoms with E-state index in [1.807, 2.05) is 12.1 Å². The molecule has 0 spiro atoms. The molecule has 7 nitrogen and oxygen atoms in total. The average molecular weight is 417 g/mol. The van der Waals surface area contributed by atoms with Crippen LogP contribution in [0.1, 0.15) is 18.1 Å². The van der Waals surface area contributed by atoms with E-state index in [0.29, 0.717) is 17.9 Å². The van der Waals surface area contributed by atoms with Gasteiger partial charge in [-0.15, -0.1) is 0 Å². The van der Waals surface area contributed by atoms with Crippen LogP contribution in [0.2, 0.25) is 0 Å². The predicted octanol–water partition coefficient (Wildman–Crippen LogP) is 2.10.